The Balaban J connectivity index is 1.69. The Morgan fingerprint density at radius 3 is 2.57 bits per heavy atom. The number of nitrogens with zero attached hydrogens (tertiary/aromatic N) is 2. The molecule has 1 aliphatic rings. The molecule has 1 aliphatic carbocycles. The molecule has 1 aromatic carbocycles. The van der Waals surface area contributed by atoms with E-state index in [-0.39, 0.29) is 0 Å². The predicted molar refractivity (Wildman–Crippen MR) is 87.3 cm³/mol. The maximum absolute atomic E-state index is 6.15. The Bertz CT molecular complexity index is 596. The summed E-state index contributed by atoms with van der Waals surface area (Å²) >= 11 is 6.15. The fourth-order valence-corrected chi connectivity index (χ4v) is 2.84. The quantitative estimate of drug-likeness (QED) is 0.865. The SMILES string of the molecule is Clc1ccccc1Nc1cc(NC2CCCCC2)ncn1. The number of halogens is 1. The molecule has 0 spiro atoms. The second kappa shape index (κ2) is 6.76. The third kappa shape index (κ3) is 3.85. The second-order valence-corrected chi connectivity index (χ2v) is 5.78. The van der Waals surface area contributed by atoms with Gasteiger partial charge >= 0.3 is 0 Å². The Kier molecular flexibility index (Phi) is 4.55. The summed E-state index contributed by atoms with van der Waals surface area (Å²) in [6.45, 7) is 0. The largest absolute Gasteiger partial charge is 0.367 e. The number of hydrogen-bond donors (Lipinski definition) is 2. The van der Waals surface area contributed by atoms with Crippen molar-refractivity contribution >= 4 is 28.9 Å². The molecule has 1 fully saturated rings. The molecule has 2 aromatic rings. The van der Waals surface area contributed by atoms with E-state index >= 15 is 0 Å². The topological polar surface area (TPSA) is 49.8 Å². The summed E-state index contributed by atoms with van der Waals surface area (Å²) in [5, 5.41) is 7.40. The molecule has 0 unspecified atom stereocenters. The fourth-order valence-electron chi connectivity index (χ4n) is 2.66. The maximum atomic E-state index is 6.15. The molecule has 5 heteroatoms. The van der Waals surface area contributed by atoms with Crippen molar-refractivity contribution in [2.24, 2.45) is 0 Å². The van der Waals surface area contributed by atoms with Crippen LogP contribution < -0.4 is 10.6 Å². The van der Waals surface area contributed by atoms with Crippen molar-refractivity contribution in [2.45, 2.75) is 38.1 Å². The van der Waals surface area contributed by atoms with Gasteiger partial charge in [-0.25, -0.2) is 9.97 Å². The van der Waals surface area contributed by atoms with Gasteiger partial charge in [-0.2, -0.15) is 0 Å². The average molecular weight is 303 g/mol. The Morgan fingerprint density at radius 2 is 1.76 bits per heavy atom. The van der Waals surface area contributed by atoms with Crippen LogP contribution in [-0.2, 0) is 0 Å². The molecule has 21 heavy (non-hydrogen) atoms. The minimum Gasteiger partial charge on any atom is -0.367 e. The summed E-state index contributed by atoms with van der Waals surface area (Å²) in [6.07, 6.45) is 7.96. The van der Waals surface area contributed by atoms with Crippen molar-refractivity contribution in [3.8, 4) is 0 Å². The van der Waals surface area contributed by atoms with Crippen molar-refractivity contribution < 1.29 is 0 Å². The molecule has 0 atom stereocenters. The predicted octanol–water partition coefficient (Wildman–Crippen LogP) is 4.62. The standard InChI is InChI=1S/C16H19ClN4/c17-13-8-4-5-9-14(13)21-16-10-15(18-11-19-16)20-12-6-2-1-3-7-12/h4-5,8-12H,1-3,6-7H2,(H2,18,19,20,21). The number of benzene rings is 1. The van der Waals surface area contributed by atoms with Crippen LogP contribution in [0.25, 0.3) is 0 Å². The van der Waals surface area contributed by atoms with Gasteiger partial charge in [0.25, 0.3) is 0 Å². The van der Waals surface area contributed by atoms with Gasteiger partial charge in [0, 0.05) is 12.1 Å². The smallest absolute Gasteiger partial charge is 0.135 e. The van der Waals surface area contributed by atoms with Gasteiger partial charge in [-0.15, -0.1) is 0 Å². The first-order valence-corrected chi connectivity index (χ1v) is 7.79. The van der Waals surface area contributed by atoms with Crippen molar-refractivity contribution in [2.75, 3.05) is 10.6 Å². The number of nitrogens with one attached hydrogen (secondary N) is 2. The van der Waals surface area contributed by atoms with Crippen LogP contribution in [0.4, 0.5) is 17.3 Å². The van der Waals surface area contributed by atoms with Gasteiger partial charge < -0.3 is 10.6 Å². The first kappa shape index (κ1) is 14.1. The molecule has 4 nitrogen and oxygen atoms in total. The van der Waals surface area contributed by atoms with Gasteiger partial charge in [-0.05, 0) is 25.0 Å². The van der Waals surface area contributed by atoms with Crippen molar-refractivity contribution in [3.05, 3.63) is 41.7 Å². The van der Waals surface area contributed by atoms with Crippen molar-refractivity contribution in [3.63, 3.8) is 0 Å². The van der Waals surface area contributed by atoms with E-state index in [1.54, 1.807) is 6.33 Å². The highest BCUT2D eigenvalue weighted by molar-refractivity contribution is 6.33. The molecule has 0 aliphatic heterocycles. The van der Waals surface area contributed by atoms with E-state index in [0.717, 1.165) is 17.3 Å². The summed E-state index contributed by atoms with van der Waals surface area (Å²) in [5.74, 6) is 1.61. The zero-order chi connectivity index (χ0) is 14.5. The highest BCUT2D eigenvalue weighted by Crippen LogP contribution is 2.25. The Labute approximate surface area is 130 Å². The molecule has 3 rings (SSSR count). The minimum atomic E-state index is 0.529. The van der Waals surface area contributed by atoms with Gasteiger partial charge in [0.05, 0.1) is 10.7 Å². The second-order valence-electron chi connectivity index (χ2n) is 5.37. The zero-order valence-electron chi connectivity index (χ0n) is 11.8. The molecule has 0 radical (unpaired) electrons. The van der Waals surface area contributed by atoms with Crippen LogP contribution >= 0.6 is 11.6 Å². The van der Waals surface area contributed by atoms with Crippen molar-refractivity contribution in [1.29, 1.82) is 0 Å². The minimum absolute atomic E-state index is 0.529. The van der Waals surface area contributed by atoms with Crippen LogP contribution in [-0.4, -0.2) is 16.0 Å². The lowest BCUT2D eigenvalue weighted by molar-refractivity contribution is 0.462. The van der Waals surface area contributed by atoms with E-state index in [4.69, 9.17) is 11.6 Å². The van der Waals surface area contributed by atoms with Crippen LogP contribution in [0.2, 0.25) is 5.02 Å². The van der Waals surface area contributed by atoms with Gasteiger partial charge in [0.2, 0.25) is 0 Å². The highest BCUT2D eigenvalue weighted by atomic mass is 35.5. The van der Waals surface area contributed by atoms with E-state index in [1.165, 1.54) is 32.1 Å². The van der Waals surface area contributed by atoms with Crippen LogP contribution in [0, 0.1) is 0 Å². The van der Waals surface area contributed by atoms with Crippen LogP contribution in [0.15, 0.2) is 36.7 Å². The molecular formula is C16H19ClN4. The maximum Gasteiger partial charge on any atom is 0.135 e. The lowest BCUT2D eigenvalue weighted by Gasteiger charge is -2.23. The molecule has 0 saturated heterocycles. The van der Waals surface area contributed by atoms with Crippen molar-refractivity contribution in [1.82, 2.24) is 9.97 Å². The number of anilines is 3. The summed E-state index contributed by atoms with van der Waals surface area (Å²) in [6, 6.07) is 10.1. The Morgan fingerprint density at radius 1 is 1.00 bits per heavy atom. The molecule has 1 aromatic heterocycles. The van der Waals surface area contributed by atoms with E-state index in [9.17, 15) is 0 Å². The molecule has 110 valence electrons. The van der Waals surface area contributed by atoms with Gasteiger partial charge in [0.15, 0.2) is 0 Å². The lowest BCUT2D eigenvalue weighted by atomic mass is 9.95. The first-order chi connectivity index (χ1) is 10.3. The summed E-state index contributed by atoms with van der Waals surface area (Å²) in [5.41, 5.74) is 0.849. The molecule has 0 amide bonds. The average Bonchev–Trinajstić information content (AvgIpc) is 2.51. The normalized spacial score (nSPS) is 15.7. The van der Waals surface area contributed by atoms with Crippen LogP contribution in [0.5, 0.6) is 0 Å². The third-order valence-corrected chi connectivity index (χ3v) is 4.09. The summed E-state index contributed by atoms with van der Waals surface area (Å²) in [4.78, 5) is 8.55. The van der Waals surface area contributed by atoms with E-state index in [0.29, 0.717) is 11.1 Å². The molecule has 2 N–H and O–H groups in total. The van der Waals surface area contributed by atoms with E-state index < -0.39 is 0 Å². The molecule has 0 bridgehead atoms. The van der Waals surface area contributed by atoms with Gasteiger partial charge in [0.1, 0.15) is 18.0 Å². The molecular weight excluding hydrogens is 284 g/mol. The number of para-hydroxylation sites is 1. The lowest BCUT2D eigenvalue weighted by Crippen LogP contribution is -2.22. The van der Waals surface area contributed by atoms with Crippen LogP contribution in [0.1, 0.15) is 32.1 Å². The third-order valence-electron chi connectivity index (χ3n) is 3.76. The number of aromatic nitrogens is 2. The number of hydrogen-bond acceptors (Lipinski definition) is 4. The van der Waals surface area contributed by atoms with Gasteiger partial charge in [-0.3, -0.25) is 0 Å². The monoisotopic (exact) mass is 302 g/mol. The van der Waals surface area contributed by atoms with E-state index in [1.807, 2.05) is 30.3 Å². The zero-order valence-corrected chi connectivity index (χ0v) is 12.6. The number of rotatable bonds is 4. The summed E-state index contributed by atoms with van der Waals surface area (Å²) in [7, 11) is 0. The first-order valence-electron chi connectivity index (χ1n) is 7.41. The van der Waals surface area contributed by atoms with Gasteiger partial charge in [-0.1, -0.05) is 43.0 Å². The Hall–Kier alpha value is -1.81. The fraction of sp³-hybridized carbons (Fsp3) is 0.375. The summed E-state index contributed by atoms with van der Waals surface area (Å²) < 4.78 is 0. The van der Waals surface area contributed by atoms with Crippen LogP contribution in [0.3, 0.4) is 0 Å². The highest BCUT2D eigenvalue weighted by Gasteiger charge is 2.13. The molecule has 1 heterocycles. The van der Waals surface area contributed by atoms with E-state index in [2.05, 4.69) is 20.6 Å². The molecule has 1 saturated carbocycles.